The lowest BCUT2D eigenvalue weighted by Gasteiger charge is -2.11. The third kappa shape index (κ3) is 1.92. The Balaban J connectivity index is 2.84. The SMILES string of the molecule is CCCc1c(C)cc2ccc(C)c(F)c2c1F. The quantitative estimate of drug-likeness (QED) is 0.707. The Bertz CT molecular complexity index is 571. The van der Waals surface area contributed by atoms with Gasteiger partial charge in [-0.15, -0.1) is 0 Å². The molecular weight excluding hydrogens is 218 g/mol. The van der Waals surface area contributed by atoms with E-state index in [0.717, 1.165) is 12.0 Å². The van der Waals surface area contributed by atoms with E-state index in [2.05, 4.69) is 0 Å². The van der Waals surface area contributed by atoms with E-state index in [-0.39, 0.29) is 11.2 Å². The highest BCUT2D eigenvalue weighted by Gasteiger charge is 2.14. The topological polar surface area (TPSA) is 0 Å². The van der Waals surface area contributed by atoms with Crippen LogP contribution in [0.5, 0.6) is 0 Å². The van der Waals surface area contributed by atoms with E-state index in [4.69, 9.17) is 0 Å². The van der Waals surface area contributed by atoms with Gasteiger partial charge in [-0.3, -0.25) is 0 Å². The molecule has 17 heavy (non-hydrogen) atoms. The maximum absolute atomic E-state index is 14.3. The van der Waals surface area contributed by atoms with Crippen LogP contribution in [0.2, 0.25) is 0 Å². The standard InChI is InChI=1S/C15H16F2/c1-4-5-12-10(3)8-11-7-6-9(2)14(16)13(11)15(12)17/h6-8H,4-5H2,1-3H3. The maximum Gasteiger partial charge on any atom is 0.137 e. The molecule has 0 aliphatic heterocycles. The van der Waals surface area contributed by atoms with Crippen molar-refractivity contribution < 1.29 is 8.78 Å². The number of hydrogen-bond donors (Lipinski definition) is 0. The Morgan fingerprint density at radius 2 is 1.71 bits per heavy atom. The van der Waals surface area contributed by atoms with Gasteiger partial charge < -0.3 is 0 Å². The molecule has 0 N–H and O–H groups in total. The van der Waals surface area contributed by atoms with Crippen molar-refractivity contribution in [1.29, 1.82) is 0 Å². The van der Waals surface area contributed by atoms with Crippen LogP contribution in [-0.4, -0.2) is 0 Å². The summed E-state index contributed by atoms with van der Waals surface area (Å²) in [6, 6.07) is 5.33. The first-order valence-electron chi connectivity index (χ1n) is 5.93. The molecule has 90 valence electrons. The van der Waals surface area contributed by atoms with Crippen molar-refractivity contribution in [2.24, 2.45) is 0 Å². The molecule has 0 spiro atoms. The van der Waals surface area contributed by atoms with E-state index in [1.807, 2.05) is 19.9 Å². The van der Waals surface area contributed by atoms with Crippen molar-refractivity contribution in [2.45, 2.75) is 33.6 Å². The molecule has 0 fully saturated rings. The van der Waals surface area contributed by atoms with Gasteiger partial charge in [0, 0.05) is 0 Å². The molecule has 0 unspecified atom stereocenters. The minimum absolute atomic E-state index is 0.138. The van der Waals surface area contributed by atoms with Crippen molar-refractivity contribution in [2.75, 3.05) is 0 Å². The Morgan fingerprint density at radius 1 is 1.00 bits per heavy atom. The first-order chi connectivity index (χ1) is 8.06. The van der Waals surface area contributed by atoms with E-state index in [1.54, 1.807) is 19.1 Å². The molecule has 2 aromatic rings. The average molecular weight is 234 g/mol. The van der Waals surface area contributed by atoms with Gasteiger partial charge in [-0.2, -0.15) is 0 Å². The van der Waals surface area contributed by atoms with Gasteiger partial charge in [-0.25, -0.2) is 8.78 Å². The van der Waals surface area contributed by atoms with Gasteiger partial charge in [0.1, 0.15) is 11.6 Å². The molecule has 0 saturated heterocycles. The van der Waals surface area contributed by atoms with Crippen LogP contribution in [0.25, 0.3) is 10.8 Å². The fraction of sp³-hybridized carbons (Fsp3) is 0.333. The van der Waals surface area contributed by atoms with Gasteiger partial charge in [-0.1, -0.05) is 31.5 Å². The van der Waals surface area contributed by atoms with Gasteiger partial charge in [0.2, 0.25) is 0 Å². The van der Waals surface area contributed by atoms with Crippen LogP contribution in [0.3, 0.4) is 0 Å². The fourth-order valence-electron chi connectivity index (χ4n) is 2.24. The second-order valence-corrected chi connectivity index (χ2v) is 4.53. The summed E-state index contributed by atoms with van der Waals surface area (Å²) in [6.45, 7) is 5.54. The van der Waals surface area contributed by atoms with Crippen molar-refractivity contribution >= 4 is 10.8 Å². The molecule has 0 nitrogen and oxygen atoms in total. The van der Waals surface area contributed by atoms with Crippen LogP contribution in [0.1, 0.15) is 30.0 Å². The minimum Gasteiger partial charge on any atom is -0.206 e. The molecule has 0 amide bonds. The van der Waals surface area contributed by atoms with Gasteiger partial charge in [-0.05, 0) is 42.3 Å². The van der Waals surface area contributed by atoms with Crippen LogP contribution < -0.4 is 0 Å². The molecule has 2 rings (SSSR count). The zero-order valence-corrected chi connectivity index (χ0v) is 10.4. The summed E-state index contributed by atoms with van der Waals surface area (Å²) in [5.74, 6) is -0.819. The second kappa shape index (κ2) is 4.44. The van der Waals surface area contributed by atoms with Crippen LogP contribution >= 0.6 is 0 Å². The summed E-state index contributed by atoms with van der Waals surface area (Å²) < 4.78 is 28.3. The largest absolute Gasteiger partial charge is 0.206 e. The molecule has 0 saturated carbocycles. The number of aryl methyl sites for hydroxylation is 2. The number of halogens is 2. The summed E-state index contributed by atoms with van der Waals surface area (Å²) in [7, 11) is 0. The minimum atomic E-state index is -0.433. The highest BCUT2D eigenvalue weighted by atomic mass is 19.1. The van der Waals surface area contributed by atoms with E-state index in [0.29, 0.717) is 22.9 Å². The highest BCUT2D eigenvalue weighted by molar-refractivity contribution is 5.86. The lowest BCUT2D eigenvalue weighted by molar-refractivity contribution is 0.591. The fourth-order valence-corrected chi connectivity index (χ4v) is 2.24. The predicted octanol–water partition coefficient (Wildman–Crippen LogP) is 4.69. The Kier molecular flexibility index (Phi) is 3.14. The van der Waals surface area contributed by atoms with Gasteiger partial charge in [0.25, 0.3) is 0 Å². The highest BCUT2D eigenvalue weighted by Crippen LogP contribution is 2.29. The van der Waals surface area contributed by atoms with E-state index < -0.39 is 5.82 Å². The van der Waals surface area contributed by atoms with Crippen molar-refractivity contribution in [3.8, 4) is 0 Å². The molecule has 0 heterocycles. The van der Waals surface area contributed by atoms with Crippen molar-refractivity contribution in [3.05, 3.63) is 46.5 Å². The first-order valence-corrected chi connectivity index (χ1v) is 5.93. The molecule has 0 aliphatic carbocycles. The molecule has 0 bridgehead atoms. The smallest absolute Gasteiger partial charge is 0.137 e. The number of fused-ring (bicyclic) bond motifs is 1. The summed E-state index contributed by atoms with van der Waals surface area (Å²) in [4.78, 5) is 0. The number of hydrogen-bond acceptors (Lipinski definition) is 0. The second-order valence-electron chi connectivity index (χ2n) is 4.53. The number of benzene rings is 2. The Morgan fingerprint density at radius 3 is 2.35 bits per heavy atom. The van der Waals surface area contributed by atoms with Crippen LogP contribution in [-0.2, 0) is 6.42 Å². The summed E-state index contributed by atoms with van der Waals surface area (Å²) in [5.41, 5.74) is 2.03. The van der Waals surface area contributed by atoms with Crippen LogP contribution in [0.15, 0.2) is 18.2 Å². The lowest BCUT2D eigenvalue weighted by Crippen LogP contribution is -1.98. The first kappa shape index (κ1) is 12.0. The zero-order chi connectivity index (χ0) is 12.6. The molecule has 2 aromatic carbocycles. The molecule has 0 radical (unpaired) electrons. The third-order valence-corrected chi connectivity index (χ3v) is 3.20. The van der Waals surface area contributed by atoms with Gasteiger partial charge in [0.15, 0.2) is 0 Å². The van der Waals surface area contributed by atoms with E-state index in [9.17, 15) is 8.78 Å². The maximum atomic E-state index is 14.3. The van der Waals surface area contributed by atoms with Crippen molar-refractivity contribution in [1.82, 2.24) is 0 Å². The van der Waals surface area contributed by atoms with E-state index >= 15 is 0 Å². The lowest BCUT2D eigenvalue weighted by atomic mass is 9.96. The van der Waals surface area contributed by atoms with Gasteiger partial charge >= 0.3 is 0 Å². The molecule has 0 aliphatic rings. The van der Waals surface area contributed by atoms with Gasteiger partial charge in [0.05, 0.1) is 5.39 Å². The molecular formula is C15H16F2. The Hall–Kier alpha value is -1.44. The zero-order valence-electron chi connectivity index (χ0n) is 10.4. The summed E-state index contributed by atoms with van der Waals surface area (Å²) in [6.07, 6.45) is 1.51. The Labute approximate surface area is 100 Å². The van der Waals surface area contributed by atoms with Crippen LogP contribution in [0.4, 0.5) is 8.78 Å². The summed E-state index contributed by atoms with van der Waals surface area (Å²) in [5, 5.41) is 0.780. The van der Waals surface area contributed by atoms with Crippen molar-refractivity contribution in [3.63, 3.8) is 0 Å². The number of rotatable bonds is 2. The third-order valence-electron chi connectivity index (χ3n) is 3.20. The molecule has 0 atom stereocenters. The monoisotopic (exact) mass is 234 g/mol. The average Bonchev–Trinajstić information content (AvgIpc) is 2.29. The predicted molar refractivity (Wildman–Crippen MR) is 67.3 cm³/mol. The normalized spacial score (nSPS) is 11.1. The molecule has 2 heteroatoms. The summed E-state index contributed by atoms with van der Waals surface area (Å²) >= 11 is 0. The molecule has 0 aromatic heterocycles. The van der Waals surface area contributed by atoms with E-state index in [1.165, 1.54) is 0 Å². The van der Waals surface area contributed by atoms with Crippen LogP contribution in [0, 0.1) is 25.5 Å².